The van der Waals surface area contributed by atoms with Crippen LogP contribution >= 0.6 is 22.7 Å². The fraction of sp³-hybridized carbons (Fsp3) is 0.00787. The van der Waals surface area contributed by atoms with E-state index in [0.717, 1.165) is 55.6 Å². The van der Waals surface area contributed by atoms with Gasteiger partial charge in [-0.15, -0.1) is 22.7 Å². The summed E-state index contributed by atoms with van der Waals surface area (Å²) in [5.41, 5.74) is 29.2. The molecule has 0 N–H and O–H groups in total. The molecule has 0 aliphatic rings. The highest BCUT2D eigenvalue weighted by Crippen LogP contribution is 2.49. The molecule has 21 aromatic carbocycles. The molecule has 137 heavy (non-hydrogen) atoms. The van der Waals surface area contributed by atoms with Crippen LogP contribution in [0.1, 0.15) is 7.43 Å². The Labute approximate surface area is 793 Å². The zero-order valence-electron chi connectivity index (χ0n) is 73.3. The highest BCUT2D eigenvalue weighted by molar-refractivity contribution is 7.26. The third kappa shape index (κ3) is 11.7. The molecule has 10 aromatic heterocycles. The topological polar surface area (TPSA) is 47.6 Å². The van der Waals surface area contributed by atoms with E-state index >= 15 is 0 Å². The summed E-state index contributed by atoms with van der Waals surface area (Å²) in [6.45, 7) is 0. The van der Waals surface area contributed by atoms with Gasteiger partial charge in [-0.2, -0.15) is 0 Å². The molecule has 0 saturated heterocycles. The van der Waals surface area contributed by atoms with E-state index in [9.17, 15) is 0 Å². The summed E-state index contributed by atoms with van der Waals surface area (Å²) in [5.74, 6) is 0. The van der Waals surface area contributed by atoms with Crippen LogP contribution in [0, 0.1) is 0 Å². The molecule has 0 fully saturated rings. The minimum atomic E-state index is 0. The highest BCUT2D eigenvalue weighted by Gasteiger charge is 2.27. The second-order valence-electron chi connectivity index (χ2n) is 35.6. The molecule has 10 heteroatoms. The average Bonchev–Trinajstić information content (AvgIpc) is 1.56. The standard InChI is InChI=1S/C54H33N3O.2C36H22N2S.CH4/c1-7-21-42-35(15-1)36-16-2-8-22-43(36)55(42)48-26-13-27-49(56-44-23-9-3-17-37(44)38-18-4-10-24-45(38)56)53(48)34-31-32-47-41(33-34)39-19-5-11-25-46(39)57(47)50-28-14-30-52-54(50)40-20-6-12-29-51(40)58-52;1-5-15-30-24(10-1)25-11-2-6-16-31(25)37(30)23-20-21-33-29(22-23)26-12-3-7-17-32(26)38(33)34-18-9-14-28-27-13-4-8-19-35(27)39-36(28)34;1-5-13-31-25(9-1)26-10-2-6-14-32(26)37(31)23-18-20-34-30(21-23)27-11-3-7-15-33(27)38(34)24-17-19-29-28-12-4-8-16-35(28)39-36(29)22-24;/h1-33H;2*1-22H;1H4. The minimum Gasteiger partial charge on any atom is -0.456 e. The number of aromatic nitrogens is 7. The number of rotatable bonds is 8. The Morgan fingerprint density at radius 1 is 0.161 bits per heavy atom. The summed E-state index contributed by atoms with van der Waals surface area (Å²) in [6.07, 6.45) is 0. The minimum absolute atomic E-state index is 0. The third-order valence-corrected chi connectivity index (χ3v) is 30.8. The fourth-order valence-electron chi connectivity index (χ4n) is 22.8. The maximum atomic E-state index is 6.39. The van der Waals surface area contributed by atoms with Crippen molar-refractivity contribution in [1.29, 1.82) is 0 Å². The van der Waals surface area contributed by atoms with Crippen LogP contribution in [0.5, 0.6) is 0 Å². The number of nitrogens with zero attached hydrogens (tertiary/aromatic N) is 7. The first-order valence-corrected chi connectivity index (χ1v) is 48.1. The molecular formula is C127H81N7OS2. The first-order chi connectivity index (χ1) is 67.5. The van der Waals surface area contributed by atoms with E-state index in [2.05, 4.69) is 493 Å². The number of benzene rings is 21. The van der Waals surface area contributed by atoms with Crippen LogP contribution in [0.2, 0.25) is 0 Å². The van der Waals surface area contributed by atoms with Crippen molar-refractivity contribution in [2.75, 3.05) is 0 Å². The quantitative estimate of drug-likeness (QED) is 0.150. The van der Waals surface area contributed by atoms with Gasteiger partial charge in [0.05, 0.1) is 110 Å². The lowest BCUT2D eigenvalue weighted by Gasteiger charge is -2.20. The number of hydrogen-bond donors (Lipinski definition) is 0. The van der Waals surface area contributed by atoms with Gasteiger partial charge in [0.1, 0.15) is 11.2 Å². The predicted molar refractivity (Wildman–Crippen MR) is 585 cm³/mol. The number of para-hydroxylation sites is 12. The van der Waals surface area contributed by atoms with E-state index in [0.29, 0.717) is 0 Å². The van der Waals surface area contributed by atoms with Gasteiger partial charge in [0.25, 0.3) is 0 Å². The number of hydrogen-bond acceptors (Lipinski definition) is 3. The highest BCUT2D eigenvalue weighted by atomic mass is 32.1. The Bertz CT molecular complexity index is 10100. The second-order valence-corrected chi connectivity index (χ2v) is 37.8. The summed E-state index contributed by atoms with van der Waals surface area (Å²) in [5, 5.41) is 25.1. The lowest BCUT2D eigenvalue weighted by atomic mass is 9.98. The Morgan fingerprint density at radius 2 is 0.431 bits per heavy atom. The van der Waals surface area contributed by atoms with Crippen LogP contribution in [0.15, 0.2) is 472 Å². The normalized spacial score (nSPS) is 12.0. The second kappa shape index (κ2) is 30.8. The van der Waals surface area contributed by atoms with E-state index in [4.69, 9.17) is 4.42 Å². The number of fused-ring (bicyclic) bond motifs is 30. The average molecular weight is 1790 g/mol. The number of furan rings is 1. The molecule has 0 unspecified atom stereocenters. The van der Waals surface area contributed by atoms with Crippen LogP contribution in [0.4, 0.5) is 0 Å². The van der Waals surface area contributed by atoms with Crippen molar-refractivity contribution in [2.24, 2.45) is 0 Å². The van der Waals surface area contributed by atoms with E-state index in [1.54, 1.807) is 0 Å². The van der Waals surface area contributed by atoms with Gasteiger partial charge in [-0.1, -0.05) is 299 Å². The van der Waals surface area contributed by atoms with Crippen molar-refractivity contribution in [3.05, 3.63) is 467 Å². The van der Waals surface area contributed by atoms with Gasteiger partial charge in [0, 0.05) is 139 Å². The SMILES string of the molecule is C.c1cc(-n2c3ccccc3c3ccccc32)c(-c2ccc3c(c2)c2ccccc2n3-c2cccc3oc4ccccc4c23)c(-n2c3ccccc3c3ccccc32)c1.c1ccc2c(c1)sc1c(-n3c4ccccc4c4cc(-n5c6ccccc6c6ccccc65)ccc43)cccc12.c1ccc2c(c1)sc1cc(-n3c4ccccc4c4cc(-n5c6ccccc6c6ccccc65)ccc43)ccc12. The van der Waals surface area contributed by atoms with Crippen molar-refractivity contribution in [3.8, 4) is 50.9 Å². The largest absolute Gasteiger partial charge is 0.456 e. The summed E-state index contributed by atoms with van der Waals surface area (Å²) < 4.78 is 28.7. The molecule has 0 aliphatic carbocycles. The Balaban J connectivity index is 0.000000104. The van der Waals surface area contributed by atoms with E-state index in [1.165, 1.54) is 210 Å². The van der Waals surface area contributed by atoms with Crippen LogP contribution in [0.25, 0.3) is 266 Å². The molecule has 10 heterocycles. The molecule has 0 bridgehead atoms. The maximum absolute atomic E-state index is 6.39. The van der Waals surface area contributed by atoms with Gasteiger partial charge in [-0.3, -0.25) is 0 Å². The number of thiophene rings is 2. The Morgan fingerprint density at radius 3 is 0.876 bits per heavy atom. The molecule has 0 amide bonds. The molecule has 0 spiro atoms. The maximum Gasteiger partial charge on any atom is 0.137 e. The lowest BCUT2D eigenvalue weighted by molar-refractivity contribution is 0.669. The predicted octanol–water partition coefficient (Wildman–Crippen LogP) is 35.7. The summed E-state index contributed by atoms with van der Waals surface area (Å²) >= 11 is 3.75. The van der Waals surface area contributed by atoms with E-state index in [-0.39, 0.29) is 7.43 Å². The summed E-state index contributed by atoms with van der Waals surface area (Å²) in [7, 11) is 0. The molecule has 0 aliphatic heterocycles. The Hall–Kier alpha value is -17.5. The van der Waals surface area contributed by atoms with Crippen LogP contribution in [-0.2, 0) is 0 Å². The summed E-state index contributed by atoms with van der Waals surface area (Å²) in [4.78, 5) is 0. The molecule has 31 rings (SSSR count). The molecule has 8 nitrogen and oxygen atoms in total. The molecule has 31 aromatic rings. The smallest absolute Gasteiger partial charge is 0.137 e. The van der Waals surface area contributed by atoms with Crippen LogP contribution in [0.3, 0.4) is 0 Å². The van der Waals surface area contributed by atoms with Crippen molar-refractivity contribution < 1.29 is 4.42 Å². The van der Waals surface area contributed by atoms with Crippen molar-refractivity contribution in [2.45, 2.75) is 7.43 Å². The van der Waals surface area contributed by atoms with Gasteiger partial charge >= 0.3 is 0 Å². The van der Waals surface area contributed by atoms with E-state index < -0.39 is 0 Å². The van der Waals surface area contributed by atoms with Gasteiger partial charge in [-0.25, -0.2) is 0 Å². The van der Waals surface area contributed by atoms with Gasteiger partial charge in [0.2, 0.25) is 0 Å². The van der Waals surface area contributed by atoms with Gasteiger partial charge in [0.15, 0.2) is 0 Å². The zero-order valence-corrected chi connectivity index (χ0v) is 74.9. The van der Waals surface area contributed by atoms with Crippen LogP contribution in [-0.4, -0.2) is 32.0 Å². The van der Waals surface area contributed by atoms with Crippen LogP contribution < -0.4 is 0 Å². The lowest BCUT2D eigenvalue weighted by Crippen LogP contribution is -2.03. The van der Waals surface area contributed by atoms with E-state index in [1.807, 2.05) is 28.7 Å². The molecule has 0 saturated carbocycles. The molecule has 0 radical (unpaired) electrons. The monoisotopic (exact) mass is 1780 g/mol. The summed E-state index contributed by atoms with van der Waals surface area (Å²) in [6, 6.07) is 170. The first kappa shape index (κ1) is 78.1. The zero-order chi connectivity index (χ0) is 88.9. The van der Waals surface area contributed by atoms with Crippen molar-refractivity contribution in [1.82, 2.24) is 32.0 Å². The molecule has 642 valence electrons. The molecule has 0 atom stereocenters. The third-order valence-electron chi connectivity index (χ3n) is 28.5. The van der Waals surface area contributed by atoms with Gasteiger partial charge in [-0.05, 0) is 181 Å². The molecular weight excluding hydrogens is 1700 g/mol. The fourth-order valence-corrected chi connectivity index (χ4v) is 25.1. The van der Waals surface area contributed by atoms with Crippen molar-refractivity contribution in [3.63, 3.8) is 0 Å². The Kier molecular flexibility index (Phi) is 17.6. The van der Waals surface area contributed by atoms with Crippen molar-refractivity contribution >= 4 is 238 Å². The first-order valence-electron chi connectivity index (χ1n) is 46.4. The van der Waals surface area contributed by atoms with Gasteiger partial charge < -0.3 is 36.4 Å².